The molecule has 4 heterocycles. The van der Waals surface area contributed by atoms with Crippen LogP contribution in [-0.2, 0) is 6.54 Å². The van der Waals surface area contributed by atoms with E-state index in [0.29, 0.717) is 0 Å². The van der Waals surface area contributed by atoms with Crippen LogP contribution in [0.2, 0.25) is 0 Å². The zero-order chi connectivity index (χ0) is 25.2. The van der Waals surface area contributed by atoms with Gasteiger partial charge in [0.15, 0.2) is 0 Å². The summed E-state index contributed by atoms with van der Waals surface area (Å²) in [5.74, 6) is 0. The van der Waals surface area contributed by atoms with Gasteiger partial charge >= 0.3 is 0 Å². The van der Waals surface area contributed by atoms with E-state index in [1.165, 1.54) is 11.3 Å². The van der Waals surface area contributed by atoms with Crippen molar-refractivity contribution in [2.24, 2.45) is 0 Å². The number of aliphatic hydroxyl groups is 1. The molecule has 7 heteroatoms. The summed E-state index contributed by atoms with van der Waals surface area (Å²) in [5.41, 5.74) is 7.77. The molecule has 2 N–H and O–H groups in total. The summed E-state index contributed by atoms with van der Waals surface area (Å²) in [4.78, 5) is 12.8. The smallest absolute Gasteiger partial charge is 0.137 e. The molecule has 0 amide bonds. The van der Waals surface area contributed by atoms with Gasteiger partial charge in [0, 0.05) is 79.1 Å². The van der Waals surface area contributed by atoms with Crippen LogP contribution in [0.3, 0.4) is 0 Å². The Morgan fingerprint density at radius 2 is 1.70 bits per heavy atom. The summed E-state index contributed by atoms with van der Waals surface area (Å²) < 4.78 is 1.98. The molecular formula is C30H32N6O. The van der Waals surface area contributed by atoms with Crippen molar-refractivity contribution in [3.63, 3.8) is 0 Å². The van der Waals surface area contributed by atoms with Gasteiger partial charge in [0.25, 0.3) is 0 Å². The number of aromatic amines is 1. The molecule has 3 aromatic heterocycles. The maximum atomic E-state index is 9.65. The molecular weight excluding hydrogens is 460 g/mol. The highest BCUT2D eigenvalue weighted by Gasteiger charge is 2.18. The molecule has 7 nitrogen and oxygen atoms in total. The Hall–Kier alpha value is -3.94. The molecule has 188 valence electrons. The standard InChI is InChI=1S/C30H32N6O/c1-22(37)19-34-11-13-35(14-12-34)27-9-7-24(8-10-27)25-15-28-29(18-32-30(28)31-16-25)26-17-33-36(21-26)20-23-5-3-2-4-6-23/h2-10,15-18,21-22,37H,11-14,19-20H2,1H3,(H,31,32)/t22-/m0/s1. The summed E-state index contributed by atoms with van der Waals surface area (Å²) in [6, 6.07) is 21.4. The van der Waals surface area contributed by atoms with Crippen LogP contribution < -0.4 is 4.90 Å². The molecule has 0 unspecified atom stereocenters. The van der Waals surface area contributed by atoms with Gasteiger partial charge in [0.2, 0.25) is 0 Å². The lowest BCUT2D eigenvalue weighted by Gasteiger charge is -2.36. The first kappa shape index (κ1) is 23.5. The SMILES string of the molecule is C[C@H](O)CN1CCN(c2ccc(-c3cnc4[nH]cc(-c5cnn(Cc6ccccc6)c5)c4c3)cc2)CC1. The van der Waals surface area contributed by atoms with Crippen molar-refractivity contribution >= 4 is 16.7 Å². The molecule has 0 bridgehead atoms. The van der Waals surface area contributed by atoms with Crippen molar-refractivity contribution in [2.75, 3.05) is 37.6 Å². The largest absolute Gasteiger partial charge is 0.392 e. The van der Waals surface area contributed by atoms with Crippen LogP contribution in [0.1, 0.15) is 12.5 Å². The lowest BCUT2D eigenvalue weighted by Crippen LogP contribution is -2.48. The second kappa shape index (κ2) is 10.2. The minimum absolute atomic E-state index is 0.275. The van der Waals surface area contributed by atoms with E-state index >= 15 is 0 Å². The van der Waals surface area contributed by atoms with Crippen molar-refractivity contribution in [1.82, 2.24) is 24.6 Å². The van der Waals surface area contributed by atoms with E-state index in [0.717, 1.165) is 72.6 Å². The van der Waals surface area contributed by atoms with Crippen molar-refractivity contribution < 1.29 is 5.11 Å². The fourth-order valence-corrected chi connectivity index (χ4v) is 5.19. The number of benzene rings is 2. The number of aliphatic hydroxyl groups excluding tert-OH is 1. The number of anilines is 1. The van der Waals surface area contributed by atoms with Gasteiger partial charge in [-0.3, -0.25) is 9.58 Å². The predicted molar refractivity (Wildman–Crippen MR) is 149 cm³/mol. The van der Waals surface area contributed by atoms with E-state index in [2.05, 4.69) is 80.7 Å². The van der Waals surface area contributed by atoms with E-state index in [1.807, 2.05) is 36.3 Å². The summed E-state index contributed by atoms with van der Waals surface area (Å²) in [6.45, 7) is 7.25. The molecule has 1 fully saturated rings. The average molecular weight is 493 g/mol. The Labute approximate surface area is 217 Å². The van der Waals surface area contributed by atoms with Gasteiger partial charge in [0.05, 0.1) is 18.8 Å². The Kier molecular flexibility index (Phi) is 6.47. The van der Waals surface area contributed by atoms with Gasteiger partial charge in [0.1, 0.15) is 5.65 Å². The summed E-state index contributed by atoms with van der Waals surface area (Å²) in [7, 11) is 0. The fraction of sp³-hybridized carbons (Fsp3) is 0.267. The number of aromatic nitrogens is 4. The lowest BCUT2D eigenvalue weighted by atomic mass is 10.0. The molecule has 1 aliphatic rings. The minimum Gasteiger partial charge on any atom is -0.392 e. The Balaban J connectivity index is 1.19. The van der Waals surface area contributed by atoms with E-state index in [-0.39, 0.29) is 6.10 Å². The van der Waals surface area contributed by atoms with Crippen LogP contribution in [0.4, 0.5) is 5.69 Å². The maximum absolute atomic E-state index is 9.65. The van der Waals surface area contributed by atoms with E-state index in [9.17, 15) is 5.11 Å². The highest BCUT2D eigenvalue weighted by molar-refractivity contribution is 5.95. The van der Waals surface area contributed by atoms with Crippen molar-refractivity contribution in [3.05, 3.63) is 91.0 Å². The van der Waals surface area contributed by atoms with Gasteiger partial charge in [-0.1, -0.05) is 42.5 Å². The molecule has 0 saturated carbocycles. The second-order valence-corrected chi connectivity index (χ2v) is 9.92. The molecule has 1 atom stereocenters. The molecule has 2 aromatic carbocycles. The molecule has 0 spiro atoms. The summed E-state index contributed by atoms with van der Waals surface area (Å²) in [6.07, 6.45) is 7.70. The quantitative estimate of drug-likeness (QED) is 0.346. The van der Waals surface area contributed by atoms with Gasteiger partial charge in [-0.25, -0.2) is 4.98 Å². The average Bonchev–Trinajstić information content (AvgIpc) is 3.56. The predicted octanol–water partition coefficient (Wildman–Crippen LogP) is 4.64. The third-order valence-electron chi connectivity index (χ3n) is 7.12. The van der Waals surface area contributed by atoms with Gasteiger partial charge in [-0.15, -0.1) is 0 Å². The number of rotatable bonds is 7. The third-order valence-corrected chi connectivity index (χ3v) is 7.12. The van der Waals surface area contributed by atoms with Gasteiger partial charge in [-0.2, -0.15) is 5.10 Å². The topological polar surface area (TPSA) is 73.2 Å². The first-order valence-corrected chi connectivity index (χ1v) is 12.9. The Morgan fingerprint density at radius 3 is 2.46 bits per heavy atom. The minimum atomic E-state index is -0.275. The van der Waals surface area contributed by atoms with Crippen LogP contribution in [0, 0.1) is 0 Å². The van der Waals surface area contributed by atoms with Crippen LogP contribution in [0.5, 0.6) is 0 Å². The molecule has 0 aliphatic carbocycles. The zero-order valence-electron chi connectivity index (χ0n) is 21.1. The summed E-state index contributed by atoms with van der Waals surface area (Å²) >= 11 is 0. The number of β-amino-alcohol motifs (C(OH)–C–C–N with tert-alkyl or cyclic N) is 1. The van der Waals surface area contributed by atoms with Crippen molar-refractivity contribution in [1.29, 1.82) is 0 Å². The first-order valence-electron chi connectivity index (χ1n) is 12.9. The monoisotopic (exact) mass is 492 g/mol. The van der Waals surface area contributed by atoms with Crippen LogP contribution in [-0.4, -0.2) is 68.6 Å². The number of nitrogens with zero attached hydrogens (tertiary/aromatic N) is 5. The van der Waals surface area contributed by atoms with E-state index in [1.54, 1.807) is 0 Å². The lowest BCUT2D eigenvalue weighted by molar-refractivity contribution is 0.123. The number of H-pyrrole nitrogens is 1. The Morgan fingerprint density at radius 1 is 0.919 bits per heavy atom. The first-order chi connectivity index (χ1) is 18.1. The van der Waals surface area contributed by atoms with Crippen LogP contribution in [0.15, 0.2) is 85.5 Å². The normalized spacial score (nSPS) is 15.4. The number of hydrogen-bond acceptors (Lipinski definition) is 5. The van der Waals surface area contributed by atoms with Crippen LogP contribution >= 0.6 is 0 Å². The molecule has 6 rings (SSSR count). The number of piperazine rings is 1. The second-order valence-electron chi connectivity index (χ2n) is 9.92. The van der Waals surface area contributed by atoms with Gasteiger partial charge in [-0.05, 0) is 36.2 Å². The third kappa shape index (κ3) is 5.14. The molecule has 0 radical (unpaired) electrons. The fourth-order valence-electron chi connectivity index (χ4n) is 5.19. The Bertz CT molecular complexity index is 1460. The number of hydrogen-bond donors (Lipinski definition) is 2. The maximum Gasteiger partial charge on any atom is 0.137 e. The highest BCUT2D eigenvalue weighted by atomic mass is 16.3. The molecule has 5 aromatic rings. The molecule has 1 aliphatic heterocycles. The van der Waals surface area contributed by atoms with E-state index in [4.69, 9.17) is 4.98 Å². The zero-order valence-corrected chi connectivity index (χ0v) is 21.1. The van der Waals surface area contributed by atoms with Crippen molar-refractivity contribution in [2.45, 2.75) is 19.6 Å². The summed E-state index contributed by atoms with van der Waals surface area (Å²) in [5, 5.41) is 15.3. The number of nitrogens with one attached hydrogen (secondary N) is 1. The van der Waals surface area contributed by atoms with Gasteiger partial charge < -0.3 is 15.0 Å². The molecule has 37 heavy (non-hydrogen) atoms. The molecule has 1 saturated heterocycles. The van der Waals surface area contributed by atoms with Crippen LogP contribution in [0.25, 0.3) is 33.3 Å². The van der Waals surface area contributed by atoms with E-state index < -0.39 is 0 Å². The number of pyridine rings is 1. The number of fused-ring (bicyclic) bond motifs is 1. The van der Waals surface area contributed by atoms with Crippen molar-refractivity contribution in [3.8, 4) is 22.3 Å². The highest BCUT2D eigenvalue weighted by Crippen LogP contribution is 2.31.